The number of hydrogen-bond acceptors (Lipinski definition) is 4. The molecule has 0 radical (unpaired) electrons. The quantitative estimate of drug-likeness (QED) is 0.768. The molecule has 0 bridgehead atoms. The minimum absolute atomic E-state index is 0.0230. The van der Waals surface area contributed by atoms with Crippen molar-refractivity contribution >= 4 is 18.0 Å². The van der Waals surface area contributed by atoms with Gasteiger partial charge in [-0.1, -0.05) is 12.7 Å². The number of carbonyl (C=O) groups excluding carboxylic acids is 2. The molecule has 0 aromatic heterocycles. The maximum absolute atomic E-state index is 12.8. The summed E-state index contributed by atoms with van der Waals surface area (Å²) in [6.07, 6.45) is 2.22. The first kappa shape index (κ1) is 14.6. The number of likely N-dealkylation sites (tertiary alicyclic amines) is 2. The lowest BCUT2D eigenvalue weighted by Crippen LogP contribution is -2.46. The van der Waals surface area contributed by atoms with Crippen LogP contribution in [0.2, 0.25) is 0 Å². The number of rotatable bonds is 2. The van der Waals surface area contributed by atoms with E-state index in [-0.39, 0.29) is 12.5 Å². The summed E-state index contributed by atoms with van der Waals surface area (Å²) < 4.78 is 4.99. The highest BCUT2D eigenvalue weighted by molar-refractivity contribution is 5.97. The fourth-order valence-corrected chi connectivity index (χ4v) is 3.50. The van der Waals surface area contributed by atoms with E-state index in [9.17, 15) is 14.4 Å². The predicted octanol–water partition coefficient (Wildman–Crippen LogP) is 0.976. The first-order valence-electron chi connectivity index (χ1n) is 7.31. The fourth-order valence-electron chi connectivity index (χ4n) is 3.50. The molecule has 0 aromatic carbocycles. The lowest BCUT2D eigenvalue weighted by molar-refractivity contribution is -0.138. The van der Waals surface area contributed by atoms with Gasteiger partial charge in [-0.25, -0.2) is 9.59 Å². The van der Waals surface area contributed by atoms with E-state index in [2.05, 4.69) is 6.58 Å². The molecule has 2 saturated heterocycles. The zero-order chi connectivity index (χ0) is 15.9. The molecule has 2 amide bonds. The molecule has 3 heterocycles. The molecule has 3 aliphatic heterocycles. The molecule has 0 aliphatic carbocycles. The van der Waals surface area contributed by atoms with E-state index in [0.717, 1.165) is 0 Å². The zero-order valence-corrected chi connectivity index (χ0v) is 12.2. The van der Waals surface area contributed by atoms with Gasteiger partial charge in [-0.15, -0.1) is 0 Å². The van der Waals surface area contributed by atoms with Gasteiger partial charge in [0.15, 0.2) is 0 Å². The van der Waals surface area contributed by atoms with Gasteiger partial charge < -0.3 is 19.6 Å². The number of esters is 1. The standard InChI is InChI=1S/C15H18N2O5/c1-2-10-11(9-22-12(10)18)17-8-5-15(13(17)19)3-6-16(7-4-15)14(20)21/h2H,1,3-9H2,(H,20,21). The van der Waals surface area contributed by atoms with Gasteiger partial charge in [-0.2, -0.15) is 0 Å². The summed E-state index contributed by atoms with van der Waals surface area (Å²) in [5.41, 5.74) is 0.438. The van der Waals surface area contributed by atoms with Crippen molar-refractivity contribution in [2.45, 2.75) is 19.3 Å². The largest absolute Gasteiger partial charge is 0.465 e. The summed E-state index contributed by atoms with van der Waals surface area (Å²) >= 11 is 0. The summed E-state index contributed by atoms with van der Waals surface area (Å²) in [5.74, 6) is -0.468. The van der Waals surface area contributed by atoms with Gasteiger partial charge in [0.2, 0.25) is 5.91 Å². The van der Waals surface area contributed by atoms with Crippen LogP contribution in [0.15, 0.2) is 23.9 Å². The Morgan fingerprint density at radius 3 is 2.45 bits per heavy atom. The average Bonchev–Trinajstić information content (AvgIpc) is 3.01. The first-order valence-corrected chi connectivity index (χ1v) is 7.31. The summed E-state index contributed by atoms with van der Waals surface area (Å²) in [6, 6.07) is 0. The molecule has 0 unspecified atom stereocenters. The topological polar surface area (TPSA) is 87.2 Å². The van der Waals surface area contributed by atoms with E-state index >= 15 is 0 Å². The lowest BCUT2D eigenvalue weighted by atomic mass is 9.77. The Kier molecular flexibility index (Phi) is 3.42. The number of cyclic esters (lactones) is 1. The number of hydrogen-bond donors (Lipinski definition) is 1. The highest BCUT2D eigenvalue weighted by atomic mass is 16.5. The molecule has 3 rings (SSSR count). The van der Waals surface area contributed by atoms with Crippen molar-refractivity contribution < 1.29 is 24.2 Å². The van der Waals surface area contributed by atoms with E-state index in [1.54, 1.807) is 4.90 Å². The molecule has 22 heavy (non-hydrogen) atoms. The number of amides is 2. The number of carboxylic acid groups (broad SMARTS) is 1. The highest BCUT2D eigenvalue weighted by Gasteiger charge is 2.50. The minimum Gasteiger partial charge on any atom is -0.465 e. The Morgan fingerprint density at radius 1 is 1.23 bits per heavy atom. The van der Waals surface area contributed by atoms with Crippen LogP contribution < -0.4 is 0 Å². The van der Waals surface area contributed by atoms with Crippen LogP contribution in [0.1, 0.15) is 19.3 Å². The van der Waals surface area contributed by atoms with E-state index in [4.69, 9.17) is 9.84 Å². The molecule has 3 aliphatic rings. The molecule has 7 heteroatoms. The van der Waals surface area contributed by atoms with Crippen molar-refractivity contribution in [3.05, 3.63) is 23.9 Å². The Morgan fingerprint density at radius 2 is 1.86 bits per heavy atom. The van der Waals surface area contributed by atoms with E-state index in [0.29, 0.717) is 50.2 Å². The van der Waals surface area contributed by atoms with Crippen molar-refractivity contribution in [1.29, 1.82) is 0 Å². The van der Waals surface area contributed by atoms with Crippen LogP contribution in [0.25, 0.3) is 0 Å². The Bertz CT molecular complexity index is 587. The maximum atomic E-state index is 12.8. The summed E-state index contributed by atoms with van der Waals surface area (Å²) in [5, 5.41) is 9.01. The molecule has 2 fully saturated rings. The Hall–Kier alpha value is -2.31. The molecular formula is C15H18N2O5. The van der Waals surface area contributed by atoms with Crippen LogP contribution in [-0.4, -0.2) is 59.1 Å². The second-order valence-corrected chi connectivity index (χ2v) is 5.90. The van der Waals surface area contributed by atoms with E-state index in [1.807, 2.05) is 0 Å². The van der Waals surface area contributed by atoms with E-state index < -0.39 is 17.5 Å². The molecule has 0 saturated carbocycles. The zero-order valence-electron chi connectivity index (χ0n) is 12.2. The molecule has 1 spiro atoms. The van der Waals surface area contributed by atoms with Gasteiger partial charge >= 0.3 is 12.1 Å². The monoisotopic (exact) mass is 306 g/mol. The number of piperidine rings is 1. The number of ether oxygens (including phenoxy) is 1. The molecule has 1 N–H and O–H groups in total. The maximum Gasteiger partial charge on any atom is 0.407 e. The van der Waals surface area contributed by atoms with Crippen LogP contribution >= 0.6 is 0 Å². The molecular weight excluding hydrogens is 288 g/mol. The molecule has 7 nitrogen and oxygen atoms in total. The molecule has 0 aromatic rings. The second-order valence-electron chi connectivity index (χ2n) is 5.90. The number of carbonyl (C=O) groups is 3. The van der Waals surface area contributed by atoms with Gasteiger partial charge in [0.25, 0.3) is 0 Å². The van der Waals surface area contributed by atoms with Gasteiger partial charge in [-0.05, 0) is 19.3 Å². The average molecular weight is 306 g/mol. The van der Waals surface area contributed by atoms with Gasteiger partial charge in [-0.3, -0.25) is 4.79 Å². The molecule has 0 atom stereocenters. The SMILES string of the molecule is C=CC1=C(N2CCC3(CCN(C(=O)O)CC3)C2=O)COC1=O. The Labute approximate surface area is 127 Å². The van der Waals surface area contributed by atoms with Crippen LogP contribution in [0.4, 0.5) is 4.79 Å². The van der Waals surface area contributed by atoms with Crippen molar-refractivity contribution in [2.24, 2.45) is 5.41 Å². The summed E-state index contributed by atoms with van der Waals surface area (Å²) in [4.78, 5) is 38.4. The van der Waals surface area contributed by atoms with Crippen LogP contribution in [0.5, 0.6) is 0 Å². The van der Waals surface area contributed by atoms with Crippen LogP contribution in [0.3, 0.4) is 0 Å². The fraction of sp³-hybridized carbons (Fsp3) is 0.533. The third-order valence-electron chi connectivity index (χ3n) is 4.90. The third kappa shape index (κ3) is 2.08. The van der Waals surface area contributed by atoms with E-state index in [1.165, 1.54) is 11.0 Å². The smallest absolute Gasteiger partial charge is 0.407 e. The van der Waals surface area contributed by atoms with Crippen molar-refractivity contribution in [3.8, 4) is 0 Å². The highest BCUT2D eigenvalue weighted by Crippen LogP contribution is 2.43. The minimum atomic E-state index is -0.941. The summed E-state index contributed by atoms with van der Waals surface area (Å²) in [7, 11) is 0. The van der Waals surface area contributed by atoms with Crippen molar-refractivity contribution in [1.82, 2.24) is 9.80 Å². The second kappa shape index (κ2) is 5.15. The van der Waals surface area contributed by atoms with Gasteiger partial charge in [0.05, 0.1) is 16.7 Å². The van der Waals surface area contributed by atoms with Crippen LogP contribution in [0, 0.1) is 5.41 Å². The van der Waals surface area contributed by atoms with Crippen molar-refractivity contribution in [2.75, 3.05) is 26.2 Å². The van der Waals surface area contributed by atoms with Gasteiger partial charge in [0, 0.05) is 19.6 Å². The first-order chi connectivity index (χ1) is 10.5. The third-order valence-corrected chi connectivity index (χ3v) is 4.90. The van der Waals surface area contributed by atoms with Crippen LogP contribution in [-0.2, 0) is 14.3 Å². The Balaban J connectivity index is 1.79. The predicted molar refractivity (Wildman–Crippen MR) is 75.8 cm³/mol. The lowest BCUT2D eigenvalue weighted by Gasteiger charge is -2.36. The van der Waals surface area contributed by atoms with Crippen molar-refractivity contribution in [3.63, 3.8) is 0 Å². The number of nitrogens with zero attached hydrogens (tertiary/aromatic N) is 2. The summed E-state index contributed by atoms with van der Waals surface area (Å²) in [6.45, 7) is 4.99. The van der Waals surface area contributed by atoms with Gasteiger partial charge in [0.1, 0.15) is 6.61 Å². The molecule has 118 valence electrons. The normalized spacial score (nSPS) is 24.2.